The molecule has 2 aromatic heterocycles. The fourth-order valence-corrected chi connectivity index (χ4v) is 8.35. The zero-order valence-electron chi connectivity index (χ0n) is 26.7. The number of benzene rings is 6. The molecule has 10 rings (SSSR count). The quantitative estimate of drug-likeness (QED) is 0.187. The molecular weight excluding hydrogens is 581 g/mol. The lowest BCUT2D eigenvalue weighted by Crippen LogP contribution is -2.07. The Morgan fingerprint density at radius 2 is 1.35 bits per heavy atom. The lowest BCUT2D eigenvalue weighted by Gasteiger charge is -2.20. The van der Waals surface area contributed by atoms with E-state index in [4.69, 9.17) is 0 Å². The molecule has 1 atom stereocenters. The van der Waals surface area contributed by atoms with E-state index < -0.39 is 0 Å². The van der Waals surface area contributed by atoms with Crippen LogP contribution in [-0.4, -0.2) is 9.13 Å². The van der Waals surface area contributed by atoms with Crippen LogP contribution in [-0.2, 0) is 6.42 Å². The van der Waals surface area contributed by atoms with Gasteiger partial charge in [-0.05, 0) is 83.1 Å². The summed E-state index contributed by atoms with van der Waals surface area (Å²) in [4.78, 5) is 0. The van der Waals surface area contributed by atoms with E-state index in [0.29, 0.717) is 5.92 Å². The summed E-state index contributed by atoms with van der Waals surface area (Å²) in [5.74, 6) is 0.418. The Balaban J connectivity index is 1.18. The second-order valence-corrected chi connectivity index (χ2v) is 13.2. The number of hydrogen-bond donors (Lipinski definition) is 0. The number of nitrogens with zero attached hydrogens (tertiary/aromatic N) is 2. The molecule has 228 valence electrons. The molecule has 0 amide bonds. The molecule has 0 bridgehead atoms. The Bertz CT molecular complexity index is 2640. The Morgan fingerprint density at radius 1 is 0.583 bits per heavy atom. The van der Waals surface area contributed by atoms with Gasteiger partial charge in [0.2, 0.25) is 0 Å². The Morgan fingerprint density at radius 3 is 2.23 bits per heavy atom. The van der Waals surface area contributed by atoms with E-state index in [1.165, 1.54) is 82.8 Å². The van der Waals surface area contributed by atoms with Crippen molar-refractivity contribution in [3.05, 3.63) is 175 Å². The van der Waals surface area contributed by atoms with E-state index in [-0.39, 0.29) is 0 Å². The molecule has 48 heavy (non-hydrogen) atoms. The van der Waals surface area contributed by atoms with Gasteiger partial charge in [-0.3, -0.25) is 0 Å². The topological polar surface area (TPSA) is 9.86 Å². The standard InChI is InChI=1S/C46H34N2/c1-2-12-31(13-3-1)32-24-26-35(27-25-32)47-41-22-8-6-19-39(41)45-43(47)28-29-44-46(45)40-20-7-9-23-42(40)48(44)36-17-10-16-34(30-36)38-21-11-15-33-14-4-5-18-37(33)38/h1-7,9-21,23-24,26-30,32H,8,22,25H2. The van der Waals surface area contributed by atoms with E-state index in [1.54, 1.807) is 0 Å². The van der Waals surface area contributed by atoms with E-state index in [0.717, 1.165) is 19.3 Å². The van der Waals surface area contributed by atoms with Gasteiger partial charge < -0.3 is 9.13 Å². The first-order chi connectivity index (χ1) is 23.8. The fourth-order valence-electron chi connectivity index (χ4n) is 8.35. The van der Waals surface area contributed by atoms with E-state index in [2.05, 4.69) is 173 Å². The van der Waals surface area contributed by atoms with Gasteiger partial charge in [0, 0.05) is 44.7 Å². The highest BCUT2D eigenvalue weighted by molar-refractivity contribution is 6.23. The number of rotatable bonds is 4. The van der Waals surface area contributed by atoms with Crippen molar-refractivity contribution in [3.63, 3.8) is 0 Å². The average Bonchev–Trinajstić information content (AvgIpc) is 3.68. The van der Waals surface area contributed by atoms with Crippen molar-refractivity contribution in [2.75, 3.05) is 0 Å². The van der Waals surface area contributed by atoms with Crippen LogP contribution in [0.3, 0.4) is 0 Å². The van der Waals surface area contributed by atoms with Gasteiger partial charge in [-0.2, -0.15) is 0 Å². The van der Waals surface area contributed by atoms with Crippen LogP contribution < -0.4 is 0 Å². The van der Waals surface area contributed by atoms with Crippen molar-refractivity contribution < 1.29 is 0 Å². The molecule has 2 aliphatic rings. The molecule has 0 N–H and O–H groups in total. The third-order valence-electron chi connectivity index (χ3n) is 10.5. The summed E-state index contributed by atoms with van der Waals surface area (Å²) in [6.45, 7) is 0. The zero-order chi connectivity index (χ0) is 31.6. The summed E-state index contributed by atoms with van der Waals surface area (Å²) in [7, 11) is 0. The first kappa shape index (κ1) is 27.3. The van der Waals surface area contributed by atoms with Crippen molar-refractivity contribution in [2.45, 2.75) is 25.2 Å². The minimum absolute atomic E-state index is 0.418. The molecular formula is C46H34N2. The second-order valence-electron chi connectivity index (χ2n) is 13.2. The lowest BCUT2D eigenvalue weighted by atomic mass is 9.91. The summed E-state index contributed by atoms with van der Waals surface area (Å²) >= 11 is 0. The maximum Gasteiger partial charge on any atom is 0.0548 e. The maximum atomic E-state index is 2.55. The monoisotopic (exact) mass is 614 g/mol. The Hall–Kier alpha value is -5.86. The SMILES string of the molecule is C1=Cc2c(n(C3=CCC(c4ccccc4)C=C3)c3ccc4c(c5ccccc5n4-c4cccc(-c5cccc6ccccc56)c4)c23)CC1. The van der Waals surface area contributed by atoms with Crippen molar-refractivity contribution >= 4 is 55.3 Å². The second kappa shape index (κ2) is 10.9. The summed E-state index contributed by atoms with van der Waals surface area (Å²) in [6.07, 6.45) is 15.1. The van der Waals surface area contributed by atoms with E-state index in [9.17, 15) is 0 Å². The molecule has 0 aliphatic heterocycles. The fraction of sp³-hybridized carbons (Fsp3) is 0.0870. The molecule has 2 aliphatic carbocycles. The van der Waals surface area contributed by atoms with Gasteiger partial charge in [0.15, 0.2) is 0 Å². The minimum atomic E-state index is 0.418. The summed E-state index contributed by atoms with van der Waals surface area (Å²) < 4.78 is 5.03. The average molecular weight is 615 g/mol. The lowest BCUT2D eigenvalue weighted by molar-refractivity contribution is 0.838. The smallest absolute Gasteiger partial charge is 0.0548 e. The van der Waals surface area contributed by atoms with Crippen LogP contribution in [0.2, 0.25) is 0 Å². The molecule has 8 aromatic rings. The van der Waals surface area contributed by atoms with Crippen LogP contribution >= 0.6 is 0 Å². The first-order valence-corrected chi connectivity index (χ1v) is 17.1. The van der Waals surface area contributed by atoms with Crippen LogP contribution in [0.25, 0.3) is 72.1 Å². The van der Waals surface area contributed by atoms with Crippen molar-refractivity contribution in [1.82, 2.24) is 9.13 Å². The molecule has 0 radical (unpaired) electrons. The van der Waals surface area contributed by atoms with Crippen molar-refractivity contribution in [2.24, 2.45) is 0 Å². The molecule has 0 fully saturated rings. The summed E-state index contributed by atoms with van der Waals surface area (Å²) in [5.41, 5.74) is 12.9. The third kappa shape index (κ3) is 4.12. The highest BCUT2D eigenvalue weighted by atomic mass is 15.0. The molecule has 2 heteroatoms. The Kier molecular flexibility index (Phi) is 6.17. The molecule has 2 nitrogen and oxygen atoms in total. The highest BCUT2D eigenvalue weighted by Crippen LogP contribution is 2.44. The van der Waals surface area contributed by atoms with Crippen LogP contribution in [0.4, 0.5) is 0 Å². The normalized spacial score (nSPS) is 15.8. The van der Waals surface area contributed by atoms with Gasteiger partial charge in [0.1, 0.15) is 0 Å². The predicted molar refractivity (Wildman–Crippen MR) is 204 cm³/mol. The number of fused-ring (bicyclic) bond motifs is 8. The maximum absolute atomic E-state index is 2.55. The molecule has 0 saturated carbocycles. The van der Waals surface area contributed by atoms with E-state index in [1.807, 2.05) is 0 Å². The van der Waals surface area contributed by atoms with Gasteiger partial charge >= 0.3 is 0 Å². The largest absolute Gasteiger partial charge is 0.313 e. The number of allylic oxidation sites excluding steroid dienone is 5. The number of aromatic nitrogens is 2. The van der Waals surface area contributed by atoms with Crippen molar-refractivity contribution in [3.8, 4) is 16.8 Å². The van der Waals surface area contributed by atoms with Gasteiger partial charge in [-0.25, -0.2) is 0 Å². The zero-order valence-corrected chi connectivity index (χ0v) is 26.7. The predicted octanol–water partition coefficient (Wildman–Crippen LogP) is 12.1. The Labute approximate surface area is 280 Å². The van der Waals surface area contributed by atoms with Gasteiger partial charge in [-0.15, -0.1) is 0 Å². The molecule has 2 heterocycles. The van der Waals surface area contributed by atoms with Crippen molar-refractivity contribution in [1.29, 1.82) is 0 Å². The van der Waals surface area contributed by atoms with E-state index >= 15 is 0 Å². The van der Waals surface area contributed by atoms with Crippen LogP contribution in [0, 0.1) is 0 Å². The molecule has 1 unspecified atom stereocenters. The first-order valence-electron chi connectivity index (χ1n) is 17.1. The van der Waals surface area contributed by atoms with Gasteiger partial charge in [-0.1, -0.05) is 127 Å². The number of hydrogen-bond acceptors (Lipinski definition) is 0. The van der Waals surface area contributed by atoms with Crippen LogP contribution in [0.15, 0.2) is 158 Å². The highest BCUT2D eigenvalue weighted by Gasteiger charge is 2.25. The van der Waals surface area contributed by atoms with Gasteiger partial charge in [0.25, 0.3) is 0 Å². The molecule has 0 spiro atoms. The minimum Gasteiger partial charge on any atom is -0.313 e. The van der Waals surface area contributed by atoms with Crippen LogP contribution in [0.5, 0.6) is 0 Å². The third-order valence-corrected chi connectivity index (χ3v) is 10.5. The molecule has 0 saturated heterocycles. The summed E-state index contributed by atoms with van der Waals surface area (Å²) in [6, 6.07) is 48.9. The van der Waals surface area contributed by atoms with Crippen LogP contribution in [0.1, 0.15) is 35.6 Å². The number of para-hydroxylation sites is 1. The molecule has 6 aromatic carbocycles. The van der Waals surface area contributed by atoms with Gasteiger partial charge in [0.05, 0.1) is 16.6 Å². The summed E-state index contributed by atoms with van der Waals surface area (Å²) in [5, 5.41) is 6.54.